The fourth-order valence-corrected chi connectivity index (χ4v) is 2.62. The monoisotopic (exact) mass is 391 g/mol. The van der Waals surface area contributed by atoms with Crippen LogP contribution >= 0.6 is 0 Å². The Bertz CT molecular complexity index is 977. The summed E-state index contributed by atoms with van der Waals surface area (Å²) in [7, 11) is 1.54. The van der Waals surface area contributed by atoms with Crippen LogP contribution in [0.25, 0.3) is 0 Å². The maximum absolute atomic E-state index is 12.2. The summed E-state index contributed by atoms with van der Waals surface area (Å²) in [6.07, 6.45) is 3.12. The fraction of sp³-hybridized carbons (Fsp3) is 0.136. The predicted molar refractivity (Wildman–Crippen MR) is 109 cm³/mol. The molecule has 2 aromatic carbocycles. The third kappa shape index (κ3) is 5.80. The maximum Gasteiger partial charge on any atom is 0.262 e. The smallest absolute Gasteiger partial charge is 0.262 e. The molecule has 0 aliphatic carbocycles. The minimum Gasteiger partial charge on any atom is -0.493 e. The van der Waals surface area contributed by atoms with Gasteiger partial charge in [-0.25, -0.2) is 0 Å². The van der Waals surface area contributed by atoms with Crippen molar-refractivity contribution in [3.63, 3.8) is 0 Å². The van der Waals surface area contributed by atoms with E-state index >= 15 is 0 Å². The molecule has 7 heteroatoms. The van der Waals surface area contributed by atoms with Crippen LogP contribution in [0.15, 0.2) is 73.1 Å². The van der Waals surface area contributed by atoms with Crippen LogP contribution in [-0.4, -0.2) is 30.5 Å². The lowest BCUT2D eigenvalue weighted by molar-refractivity contribution is -0.118. The number of anilines is 1. The van der Waals surface area contributed by atoms with E-state index in [0.29, 0.717) is 29.3 Å². The standard InChI is InChI=1S/C22H21N3O4/c1-28-19-9-2-3-10-20(19)29-15-21(26)25-18-8-4-6-16(12-18)13-24-22(27)17-7-5-11-23-14-17/h2-12,14H,13,15H2,1H3,(H,24,27)(H,25,26). The number of carbonyl (C=O) groups is 2. The quantitative estimate of drug-likeness (QED) is 0.616. The molecule has 1 aromatic heterocycles. The van der Waals surface area contributed by atoms with Crippen LogP contribution in [0, 0.1) is 0 Å². The van der Waals surface area contributed by atoms with Crippen LogP contribution < -0.4 is 20.1 Å². The molecule has 0 spiro atoms. The zero-order valence-electron chi connectivity index (χ0n) is 15.9. The van der Waals surface area contributed by atoms with Gasteiger partial charge in [0.25, 0.3) is 11.8 Å². The molecule has 0 bridgehead atoms. The first kappa shape index (κ1) is 19.9. The first-order valence-corrected chi connectivity index (χ1v) is 8.98. The summed E-state index contributed by atoms with van der Waals surface area (Å²) >= 11 is 0. The average Bonchev–Trinajstić information content (AvgIpc) is 2.77. The summed E-state index contributed by atoms with van der Waals surface area (Å²) in [5.74, 6) is 0.550. The lowest BCUT2D eigenvalue weighted by Gasteiger charge is -2.11. The molecule has 0 fully saturated rings. The summed E-state index contributed by atoms with van der Waals surface area (Å²) in [5, 5.41) is 5.61. The Labute approximate surface area is 168 Å². The van der Waals surface area contributed by atoms with E-state index in [-0.39, 0.29) is 18.4 Å². The SMILES string of the molecule is COc1ccccc1OCC(=O)Nc1cccc(CNC(=O)c2cccnc2)c1. The summed E-state index contributed by atoms with van der Waals surface area (Å²) in [6.45, 7) is 0.178. The molecular weight excluding hydrogens is 370 g/mol. The molecule has 3 rings (SSSR count). The van der Waals surface area contributed by atoms with Gasteiger partial charge in [-0.2, -0.15) is 0 Å². The van der Waals surface area contributed by atoms with Crippen molar-refractivity contribution in [2.75, 3.05) is 19.0 Å². The van der Waals surface area contributed by atoms with E-state index in [4.69, 9.17) is 9.47 Å². The summed E-state index contributed by atoms with van der Waals surface area (Å²) in [4.78, 5) is 28.2. The lowest BCUT2D eigenvalue weighted by Crippen LogP contribution is -2.23. The van der Waals surface area contributed by atoms with Gasteiger partial charge in [0.1, 0.15) is 0 Å². The molecule has 2 amide bonds. The molecule has 0 unspecified atom stereocenters. The number of pyridine rings is 1. The van der Waals surface area contributed by atoms with Gasteiger partial charge in [-0.15, -0.1) is 0 Å². The second-order valence-corrected chi connectivity index (χ2v) is 6.11. The van der Waals surface area contributed by atoms with Crippen LogP contribution in [0.3, 0.4) is 0 Å². The van der Waals surface area contributed by atoms with Crippen LogP contribution in [-0.2, 0) is 11.3 Å². The van der Waals surface area contributed by atoms with Crippen molar-refractivity contribution in [2.45, 2.75) is 6.54 Å². The van der Waals surface area contributed by atoms with Crippen molar-refractivity contribution in [2.24, 2.45) is 0 Å². The first-order valence-electron chi connectivity index (χ1n) is 8.98. The van der Waals surface area contributed by atoms with E-state index in [0.717, 1.165) is 5.56 Å². The van der Waals surface area contributed by atoms with Crippen LogP contribution in [0.1, 0.15) is 15.9 Å². The Morgan fingerprint density at radius 1 is 1.00 bits per heavy atom. The topological polar surface area (TPSA) is 89.5 Å². The van der Waals surface area contributed by atoms with Crippen molar-refractivity contribution in [1.29, 1.82) is 0 Å². The average molecular weight is 391 g/mol. The Morgan fingerprint density at radius 2 is 1.83 bits per heavy atom. The molecule has 0 radical (unpaired) electrons. The number of hydrogen-bond donors (Lipinski definition) is 2. The number of hydrogen-bond acceptors (Lipinski definition) is 5. The van der Waals surface area contributed by atoms with Crippen molar-refractivity contribution < 1.29 is 19.1 Å². The molecular formula is C22H21N3O4. The zero-order chi connectivity index (χ0) is 20.5. The van der Waals surface area contributed by atoms with E-state index in [2.05, 4.69) is 15.6 Å². The van der Waals surface area contributed by atoms with Gasteiger partial charge < -0.3 is 20.1 Å². The van der Waals surface area contributed by atoms with Gasteiger partial charge in [0.05, 0.1) is 12.7 Å². The highest BCUT2D eigenvalue weighted by Gasteiger charge is 2.08. The predicted octanol–water partition coefficient (Wildman–Crippen LogP) is 3.04. The Balaban J connectivity index is 1.52. The zero-order valence-corrected chi connectivity index (χ0v) is 15.9. The molecule has 7 nitrogen and oxygen atoms in total. The van der Waals surface area contributed by atoms with E-state index < -0.39 is 0 Å². The number of ether oxygens (including phenoxy) is 2. The van der Waals surface area contributed by atoms with Crippen molar-refractivity contribution in [3.8, 4) is 11.5 Å². The first-order chi connectivity index (χ1) is 14.2. The molecule has 0 saturated heterocycles. The van der Waals surface area contributed by atoms with Crippen molar-refractivity contribution >= 4 is 17.5 Å². The molecule has 3 aromatic rings. The number of carbonyl (C=O) groups excluding carboxylic acids is 2. The van der Waals surface area contributed by atoms with Crippen LogP contribution in [0.5, 0.6) is 11.5 Å². The fourth-order valence-electron chi connectivity index (χ4n) is 2.62. The number of amides is 2. The molecule has 0 saturated carbocycles. The van der Waals surface area contributed by atoms with Crippen LogP contribution in [0.4, 0.5) is 5.69 Å². The number of aromatic nitrogens is 1. The van der Waals surface area contributed by atoms with Gasteiger partial charge in [-0.1, -0.05) is 24.3 Å². The summed E-state index contributed by atoms with van der Waals surface area (Å²) < 4.78 is 10.7. The van der Waals surface area contributed by atoms with Gasteiger partial charge in [-0.05, 0) is 42.0 Å². The number of para-hydroxylation sites is 2. The van der Waals surface area contributed by atoms with Crippen molar-refractivity contribution in [3.05, 3.63) is 84.2 Å². The summed E-state index contributed by atoms with van der Waals surface area (Å²) in [5.41, 5.74) is 1.96. The summed E-state index contributed by atoms with van der Waals surface area (Å²) in [6, 6.07) is 17.8. The highest BCUT2D eigenvalue weighted by atomic mass is 16.5. The minimum atomic E-state index is -0.299. The maximum atomic E-state index is 12.2. The van der Waals surface area contributed by atoms with Crippen molar-refractivity contribution in [1.82, 2.24) is 10.3 Å². The number of benzene rings is 2. The normalized spacial score (nSPS) is 10.1. The Morgan fingerprint density at radius 3 is 2.59 bits per heavy atom. The molecule has 0 aliphatic rings. The van der Waals surface area contributed by atoms with E-state index in [9.17, 15) is 9.59 Å². The number of rotatable bonds is 8. The van der Waals surface area contributed by atoms with E-state index in [1.165, 1.54) is 6.20 Å². The molecule has 1 heterocycles. The Hall–Kier alpha value is -3.87. The molecule has 148 valence electrons. The highest BCUT2D eigenvalue weighted by Crippen LogP contribution is 2.25. The van der Waals surface area contributed by atoms with Gasteiger partial charge in [0, 0.05) is 24.6 Å². The van der Waals surface area contributed by atoms with Gasteiger partial charge >= 0.3 is 0 Å². The molecule has 0 atom stereocenters. The van der Waals surface area contributed by atoms with Gasteiger partial charge in [0.15, 0.2) is 18.1 Å². The van der Waals surface area contributed by atoms with Crippen LogP contribution in [0.2, 0.25) is 0 Å². The third-order valence-corrected chi connectivity index (χ3v) is 4.02. The van der Waals surface area contributed by atoms with E-state index in [1.54, 1.807) is 55.8 Å². The molecule has 2 N–H and O–H groups in total. The molecule has 29 heavy (non-hydrogen) atoms. The number of nitrogens with zero attached hydrogens (tertiary/aromatic N) is 1. The van der Waals surface area contributed by atoms with Gasteiger partial charge in [0.2, 0.25) is 0 Å². The molecule has 0 aliphatic heterocycles. The Kier molecular flexibility index (Phi) is 6.78. The van der Waals surface area contributed by atoms with E-state index in [1.807, 2.05) is 18.2 Å². The number of nitrogens with one attached hydrogen (secondary N) is 2. The number of methoxy groups -OCH3 is 1. The third-order valence-electron chi connectivity index (χ3n) is 4.02. The van der Waals surface area contributed by atoms with Gasteiger partial charge in [-0.3, -0.25) is 14.6 Å². The lowest BCUT2D eigenvalue weighted by atomic mass is 10.2. The largest absolute Gasteiger partial charge is 0.493 e. The second kappa shape index (κ2) is 9.89. The minimum absolute atomic E-state index is 0.150. The second-order valence-electron chi connectivity index (χ2n) is 6.11. The highest BCUT2D eigenvalue weighted by molar-refractivity contribution is 5.94.